The van der Waals surface area contributed by atoms with Gasteiger partial charge in [-0.2, -0.15) is 0 Å². The summed E-state index contributed by atoms with van der Waals surface area (Å²) in [5, 5.41) is 12.1. The molecule has 1 aliphatic heterocycles. The van der Waals surface area contributed by atoms with E-state index < -0.39 is 11.9 Å². The molecule has 0 unspecified atom stereocenters. The minimum Gasteiger partial charge on any atom is -0.481 e. The van der Waals surface area contributed by atoms with Crippen molar-refractivity contribution >= 4 is 11.9 Å². The van der Waals surface area contributed by atoms with Gasteiger partial charge in [-0.15, -0.1) is 0 Å². The normalized spacial score (nSPS) is 18.6. The van der Waals surface area contributed by atoms with E-state index in [0.29, 0.717) is 19.3 Å². The molecule has 5 nitrogen and oxygen atoms in total. The predicted molar refractivity (Wildman–Crippen MR) is 87.2 cm³/mol. The third-order valence-corrected chi connectivity index (χ3v) is 4.21. The topological polar surface area (TPSA) is 75.6 Å². The summed E-state index contributed by atoms with van der Waals surface area (Å²) in [4.78, 5) is 23.2. The van der Waals surface area contributed by atoms with Crippen LogP contribution in [0.4, 0.5) is 0 Å². The molecule has 1 aromatic carbocycles. The van der Waals surface area contributed by atoms with Crippen LogP contribution in [0, 0.1) is 12.8 Å². The average molecular weight is 319 g/mol. The van der Waals surface area contributed by atoms with E-state index in [0.717, 1.165) is 30.6 Å². The standard InChI is InChI=1S/C18H25NO4/c1-13-4-6-14(7-5-13)11-15(18(21)22)12-19-17(20)9-8-16-3-2-10-23-16/h4-7,15-16H,2-3,8-12H2,1H3,(H,19,20)(H,21,22)/t15-,16-/m1/s1. The summed E-state index contributed by atoms with van der Waals surface area (Å²) in [6.45, 7) is 2.93. The van der Waals surface area contributed by atoms with E-state index in [1.165, 1.54) is 0 Å². The van der Waals surface area contributed by atoms with Gasteiger partial charge in [-0.05, 0) is 38.2 Å². The molecule has 1 aliphatic rings. The molecule has 0 aliphatic carbocycles. The van der Waals surface area contributed by atoms with Gasteiger partial charge in [0.2, 0.25) is 5.91 Å². The molecule has 23 heavy (non-hydrogen) atoms. The van der Waals surface area contributed by atoms with E-state index in [2.05, 4.69) is 5.32 Å². The van der Waals surface area contributed by atoms with Gasteiger partial charge in [0.25, 0.3) is 0 Å². The van der Waals surface area contributed by atoms with Gasteiger partial charge in [-0.1, -0.05) is 29.8 Å². The third kappa shape index (κ3) is 6.02. The zero-order chi connectivity index (χ0) is 16.7. The molecule has 0 spiro atoms. The van der Waals surface area contributed by atoms with Crippen molar-refractivity contribution in [3.8, 4) is 0 Å². The van der Waals surface area contributed by atoms with E-state index in [1.807, 2.05) is 31.2 Å². The van der Waals surface area contributed by atoms with Crippen LogP contribution in [0.1, 0.15) is 36.8 Å². The van der Waals surface area contributed by atoms with Crippen LogP contribution in [-0.2, 0) is 20.7 Å². The Labute approximate surface area is 137 Å². The molecule has 2 rings (SSSR count). The highest BCUT2D eigenvalue weighted by Crippen LogP contribution is 2.16. The van der Waals surface area contributed by atoms with Crippen molar-refractivity contribution in [1.29, 1.82) is 0 Å². The van der Waals surface area contributed by atoms with E-state index in [-0.39, 0.29) is 18.6 Å². The zero-order valence-electron chi connectivity index (χ0n) is 13.6. The van der Waals surface area contributed by atoms with Crippen molar-refractivity contribution in [3.63, 3.8) is 0 Å². The number of aliphatic carboxylic acids is 1. The largest absolute Gasteiger partial charge is 0.481 e. The summed E-state index contributed by atoms with van der Waals surface area (Å²) in [6.07, 6.45) is 3.77. The molecular formula is C18H25NO4. The molecule has 0 saturated carbocycles. The van der Waals surface area contributed by atoms with Crippen LogP contribution in [-0.4, -0.2) is 36.2 Å². The Morgan fingerprint density at radius 1 is 1.35 bits per heavy atom. The number of benzene rings is 1. The first-order valence-corrected chi connectivity index (χ1v) is 8.21. The summed E-state index contributed by atoms with van der Waals surface area (Å²) >= 11 is 0. The van der Waals surface area contributed by atoms with Crippen LogP contribution in [0.15, 0.2) is 24.3 Å². The highest BCUT2D eigenvalue weighted by atomic mass is 16.5. The number of carboxylic acid groups (broad SMARTS) is 1. The lowest BCUT2D eigenvalue weighted by Gasteiger charge is -2.14. The molecule has 1 aromatic rings. The number of aryl methyl sites for hydroxylation is 1. The number of carboxylic acids is 1. The summed E-state index contributed by atoms with van der Waals surface area (Å²) in [7, 11) is 0. The Morgan fingerprint density at radius 2 is 2.09 bits per heavy atom. The maximum absolute atomic E-state index is 11.9. The van der Waals surface area contributed by atoms with E-state index in [9.17, 15) is 14.7 Å². The highest BCUT2D eigenvalue weighted by Gasteiger charge is 2.20. The number of carbonyl (C=O) groups is 2. The molecular weight excluding hydrogens is 294 g/mol. The molecule has 1 fully saturated rings. The Morgan fingerprint density at radius 3 is 2.70 bits per heavy atom. The molecule has 2 N–H and O–H groups in total. The fourth-order valence-electron chi connectivity index (χ4n) is 2.74. The van der Waals surface area contributed by atoms with Crippen LogP contribution in [0.2, 0.25) is 0 Å². The Bertz CT molecular complexity index is 520. The number of hydrogen-bond acceptors (Lipinski definition) is 3. The third-order valence-electron chi connectivity index (χ3n) is 4.21. The number of amides is 1. The fourth-order valence-corrected chi connectivity index (χ4v) is 2.74. The van der Waals surface area contributed by atoms with Crippen molar-refractivity contribution in [2.75, 3.05) is 13.2 Å². The van der Waals surface area contributed by atoms with Gasteiger partial charge in [0, 0.05) is 19.6 Å². The van der Waals surface area contributed by atoms with Crippen molar-refractivity contribution < 1.29 is 19.4 Å². The first-order chi connectivity index (χ1) is 11.0. The maximum atomic E-state index is 11.9. The lowest BCUT2D eigenvalue weighted by atomic mass is 9.98. The average Bonchev–Trinajstić information content (AvgIpc) is 3.04. The molecule has 2 atom stereocenters. The molecule has 1 heterocycles. The maximum Gasteiger partial charge on any atom is 0.308 e. The Balaban J connectivity index is 1.76. The lowest BCUT2D eigenvalue weighted by Crippen LogP contribution is -2.34. The van der Waals surface area contributed by atoms with E-state index >= 15 is 0 Å². The number of carbonyl (C=O) groups excluding carboxylic acids is 1. The van der Waals surface area contributed by atoms with Gasteiger partial charge in [0.05, 0.1) is 12.0 Å². The molecule has 0 aromatic heterocycles. The molecule has 5 heteroatoms. The highest BCUT2D eigenvalue weighted by molar-refractivity contribution is 5.77. The SMILES string of the molecule is Cc1ccc(C[C@H](CNC(=O)CC[C@H]2CCCO2)C(=O)O)cc1. The van der Waals surface area contributed by atoms with Crippen LogP contribution >= 0.6 is 0 Å². The smallest absolute Gasteiger partial charge is 0.308 e. The molecule has 1 amide bonds. The second kappa shape index (κ2) is 8.67. The van der Waals surface area contributed by atoms with Gasteiger partial charge in [0.15, 0.2) is 0 Å². The first kappa shape index (κ1) is 17.5. The van der Waals surface area contributed by atoms with Crippen molar-refractivity contribution in [2.24, 2.45) is 5.92 Å². The number of ether oxygens (including phenoxy) is 1. The van der Waals surface area contributed by atoms with Gasteiger partial charge >= 0.3 is 5.97 Å². The summed E-state index contributed by atoms with van der Waals surface area (Å²) in [6, 6.07) is 7.80. The van der Waals surface area contributed by atoms with Gasteiger partial charge in [-0.25, -0.2) is 0 Å². The van der Waals surface area contributed by atoms with Gasteiger partial charge < -0.3 is 15.2 Å². The minimum absolute atomic E-state index is 0.101. The molecule has 1 saturated heterocycles. The second-order valence-corrected chi connectivity index (χ2v) is 6.20. The molecule has 126 valence electrons. The van der Waals surface area contributed by atoms with Crippen molar-refractivity contribution in [3.05, 3.63) is 35.4 Å². The molecule has 0 bridgehead atoms. The first-order valence-electron chi connectivity index (χ1n) is 8.21. The van der Waals surface area contributed by atoms with Crippen LogP contribution < -0.4 is 5.32 Å². The van der Waals surface area contributed by atoms with Crippen molar-refractivity contribution in [1.82, 2.24) is 5.32 Å². The fraction of sp³-hybridized carbons (Fsp3) is 0.556. The molecule has 0 radical (unpaired) electrons. The number of nitrogens with one attached hydrogen (secondary N) is 1. The van der Waals surface area contributed by atoms with Crippen LogP contribution in [0.25, 0.3) is 0 Å². The minimum atomic E-state index is -0.884. The summed E-state index contributed by atoms with van der Waals surface area (Å²) in [5.41, 5.74) is 2.11. The van der Waals surface area contributed by atoms with Crippen LogP contribution in [0.3, 0.4) is 0 Å². The second-order valence-electron chi connectivity index (χ2n) is 6.20. The number of hydrogen-bond donors (Lipinski definition) is 2. The van der Waals surface area contributed by atoms with Crippen molar-refractivity contribution in [2.45, 2.75) is 45.1 Å². The monoisotopic (exact) mass is 319 g/mol. The quantitative estimate of drug-likeness (QED) is 0.771. The van der Waals surface area contributed by atoms with E-state index in [4.69, 9.17) is 4.74 Å². The van der Waals surface area contributed by atoms with Gasteiger partial charge in [0.1, 0.15) is 0 Å². The number of rotatable bonds is 8. The summed E-state index contributed by atoms with van der Waals surface area (Å²) in [5.74, 6) is -1.59. The lowest BCUT2D eigenvalue weighted by molar-refractivity contribution is -0.141. The van der Waals surface area contributed by atoms with Gasteiger partial charge in [-0.3, -0.25) is 9.59 Å². The van der Waals surface area contributed by atoms with Crippen LogP contribution in [0.5, 0.6) is 0 Å². The zero-order valence-corrected chi connectivity index (χ0v) is 13.6. The Kier molecular flexibility index (Phi) is 6.59. The Hall–Kier alpha value is -1.88. The summed E-state index contributed by atoms with van der Waals surface area (Å²) < 4.78 is 5.48. The predicted octanol–water partition coefficient (Wildman–Crippen LogP) is 2.31. The van der Waals surface area contributed by atoms with E-state index in [1.54, 1.807) is 0 Å².